The maximum absolute atomic E-state index is 14.1. The summed E-state index contributed by atoms with van der Waals surface area (Å²) in [6.07, 6.45) is 7.29. The Labute approximate surface area is 395 Å². The average molecular weight is 943 g/mol. The number of fused-ring (bicyclic) bond motifs is 6. The molecule has 9 rings (SSSR count). The first-order valence-corrected chi connectivity index (χ1v) is 23.2. The van der Waals surface area contributed by atoms with Crippen LogP contribution in [-0.4, -0.2) is 56.0 Å². The number of non-ortho nitro benzene ring substituents is 2. The van der Waals surface area contributed by atoms with Gasteiger partial charge in [0.2, 0.25) is 5.60 Å². The van der Waals surface area contributed by atoms with Gasteiger partial charge >= 0.3 is 23.9 Å². The third kappa shape index (κ3) is 8.56. The standard InChI is InChI=1S/C51H50N4O14/c1-5-7-40-28(3)8-11-33-22-38(16-17-50(33,40)4)68-47(58)29-9-12-36(13-10-29)65-27-44(56)69-51(6-2)41-24-43-45-32(25-53(43)46(57)39(41)26-66-49(51)60)18-30-21-37(14-15-42(30)52-45)67-48(59)31-19-34(54(61)62)23-35(20-31)55(63)64/h9-10,12-15,18-21,23-24,28,33,38,40H,5-8,11,16-17,22,25-27H2,1-4H3/t28?,33?,38-,40?,50+,51+/m1/s1. The van der Waals surface area contributed by atoms with Gasteiger partial charge in [0.15, 0.2) is 6.61 Å². The normalized spacial score (nSPS) is 23.3. The van der Waals surface area contributed by atoms with E-state index in [2.05, 4.69) is 20.8 Å². The number of hydrogen-bond acceptors (Lipinski definition) is 15. The van der Waals surface area contributed by atoms with E-state index in [1.54, 1.807) is 49.4 Å². The summed E-state index contributed by atoms with van der Waals surface area (Å²) in [5, 5.41) is 23.2. The minimum absolute atomic E-state index is 0.0221. The quantitative estimate of drug-likeness (QED) is 0.0345. The molecule has 2 fully saturated rings. The first-order valence-electron chi connectivity index (χ1n) is 23.2. The van der Waals surface area contributed by atoms with Gasteiger partial charge in [0.05, 0.1) is 56.1 Å². The van der Waals surface area contributed by atoms with Crippen LogP contribution in [0.4, 0.5) is 11.4 Å². The molecule has 2 saturated carbocycles. The molecule has 18 nitrogen and oxygen atoms in total. The summed E-state index contributed by atoms with van der Waals surface area (Å²) in [6.45, 7) is 7.83. The van der Waals surface area contributed by atoms with E-state index in [1.807, 2.05) is 0 Å². The maximum Gasteiger partial charge on any atom is 0.355 e. The van der Waals surface area contributed by atoms with E-state index in [0.717, 1.165) is 43.9 Å². The molecule has 0 N–H and O–H groups in total. The molecule has 358 valence electrons. The smallest absolute Gasteiger partial charge is 0.355 e. The molecule has 2 aliphatic heterocycles. The molecule has 0 bridgehead atoms. The number of benzene rings is 3. The van der Waals surface area contributed by atoms with Gasteiger partial charge in [0.25, 0.3) is 16.9 Å². The summed E-state index contributed by atoms with van der Waals surface area (Å²) < 4.78 is 30.1. The van der Waals surface area contributed by atoms with E-state index in [9.17, 15) is 44.2 Å². The van der Waals surface area contributed by atoms with Crippen molar-refractivity contribution in [1.29, 1.82) is 0 Å². The van der Waals surface area contributed by atoms with Crippen molar-refractivity contribution in [2.45, 2.75) is 104 Å². The summed E-state index contributed by atoms with van der Waals surface area (Å²) in [5.74, 6) is -1.02. The van der Waals surface area contributed by atoms with Crippen molar-refractivity contribution >= 4 is 46.2 Å². The second-order valence-electron chi connectivity index (χ2n) is 18.8. The van der Waals surface area contributed by atoms with E-state index >= 15 is 0 Å². The number of ether oxygens (including phenoxy) is 5. The number of nitro benzene ring substituents is 2. The van der Waals surface area contributed by atoms with Crippen LogP contribution in [0.2, 0.25) is 0 Å². The lowest BCUT2D eigenvalue weighted by atomic mass is 9.51. The fraction of sp³-hybridized carbons (Fsp3) is 0.412. The topological polar surface area (TPSA) is 236 Å². The highest BCUT2D eigenvalue weighted by Crippen LogP contribution is 2.57. The van der Waals surface area contributed by atoms with Crippen molar-refractivity contribution in [2.24, 2.45) is 23.2 Å². The van der Waals surface area contributed by atoms with Crippen molar-refractivity contribution in [3.8, 4) is 22.9 Å². The Kier molecular flexibility index (Phi) is 12.3. The second-order valence-corrected chi connectivity index (χ2v) is 18.8. The van der Waals surface area contributed by atoms with E-state index in [4.69, 9.17) is 28.7 Å². The maximum atomic E-state index is 14.1. The lowest BCUT2D eigenvalue weighted by Gasteiger charge is -2.54. The van der Waals surface area contributed by atoms with Crippen LogP contribution in [0.15, 0.2) is 77.6 Å². The molecule has 0 spiro atoms. The zero-order chi connectivity index (χ0) is 48.9. The summed E-state index contributed by atoms with van der Waals surface area (Å²) in [6, 6.07) is 16.6. The molecule has 4 heterocycles. The second kappa shape index (κ2) is 18.2. The van der Waals surface area contributed by atoms with Crippen LogP contribution in [0.25, 0.3) is 22.3 Å². The predicted molar refractivity (Wildman–Crippen MR) is 246 cm³/mol. The van der Waals surface area contributed by atoms with Crippen molar-refractivity contribution < 1.29 is 52.7 Å². The van der Waals surface area contributed by atoms with Gasteiger partial charge in [-0.3, -0.25) is 25.0 Å². The number of esters is 4. The number of pyridine rings is 2. The minimum atomic E-state index is -1.99. The van der Waals surface area contributed by atoms with Crippen LogP contribution in [0, 0.1) is 43.4 Å². The Balaban J connectivity index is 0.872. The lowest BCUT2D eigenvalue weighted by molar-refractivity contribution is -0.394. The Morgan fingerprint density at radius 3 is 2.30 bits per heavy atom. The first kappa shape index (κ1) is 46.6. The molecule has 0 amide bonds. The molecule has 3 aromatic carbocycles. The van der Waals surface area contributed by atoms with Crippen LogP contribution < -0.4 is 15.0 Å². The number of nitro groups is 2. The molecule has 69 heavy (non-hydrogen) atoms. The monoisotopic (exact) mass is 942 g/mol. The van der Waals surface area contributed by atoms with Gasteiger partial charge in [-0.2, -0.15) is 0 Å². The molecule has 5 aromatic rings. The Morgan fingerprint density at radius 2 is 1.61 bits per heavy atom. The first-order chi connectivity index (χ1) is 33.0. The number of rotatable bonds is 13. The number of aromatic nitrogens is 2. The number of nitrogens with zero attached hydrogens (tertiary/aromatic N) is 4. The third-order valence-corrected chi connectivity index (χ3v) is 14.8. The SMILES string of the molecule is CCCC1C(C)CCC2C[C@H](OC(=O)c3ccc(OCC(=O)O[C@]4(CC)C(=O)OCc5c4cc4n(c5=O)Cc5cc6cc(OC(=O)c7cc([N+](=O)[O-])cc([N+](=O)[O-])c7)ccc6nc5-4)cc3)CC[C@@]21C. The van der Waals surface area contributed by atoms with Crippen LogP contribution in [0.5, 0.6) is 11.5 Å². The van der Waals surface area contributed by atoms with Crippen LogP contribution in [0.1, 0.15) is 116 Å². The van der Waals surface area contributed by atoms with Crippen molar-refractivity contribution in [3.63, 3.8) is 0 Å². The number of carbonyl (C=O) groups is 4. The Morgan fingerprint density at radius 1 is 0.884 bits per heavy atom. The zero-order valence-electron chi connectivity index (χ0n) is 38.5. The van der Waals surface area contributed by atoms with Crippen LogP contribution in [-0.2, 0) is 42.6 Å². The molecule has 2 aromatic heterocycles. The molecular weight excluding hydrogens is 893 g/mol. The third-order valence-electron chi connectivity index (χ3n) is 14.8. The zero-order valence-corrected chi connectivity index (χ0v) is 38.5. The molecule has 4 aliphatic rings. The van der Waals surface area contributed by atoms with Gasteiger partial charge in [0.1, 0.15) is 24.2 Å². The van der Waals surface area contributed by atoms with Crippen molar-refractivity contribution in [3.05, 3.63) is 131 Å². The number of hydrogen-bond donors (Lipinski definition) is 0. The molecule has 6 atom stereocenters. The fourth-order valence-corrected chi connectivity index (χ4v) is 11.2. The minimum Gasteiger partial charge on any atom is -0.482 e. The summed E-state index contributed by atoms with van der Waals surface area (Å²) >= 11 is 0. The fourth-order valence-electron chi connectivity index (χ4n) is 11.2. The molecule has 18 heteroatoms. The number of carbonyl (C=O) groups excluding carboxylic acids is 4. The van der Waals surface area contributed by atoms with E-state index < -0.39 is 68.4 Å². The average Bonchev–Trinajstić information content (AvgIpc) is 3.69. The summed E-state index contributed by atoms with van der Waals surface area (Å²) in [5.41, 5.74) is -1.44. The van der Waals surface area contributed by atoms with Gasteiger partial charge in [-0.15, -0.1) is 0 Å². The van der Waals surface area contributed by atoms with Gasteiger partial charge in [-0.05, 0) is 116 Å². The van der Waals surface area contributed by atoms with Crippen molar-refractivity contribution in [2.75, 3.05) is 6.61 Å². The highest BCUT2D eigenvalue weighted by atomic mass is 16.6. The van der Waals surface area contributed by atoms with Gasteiger partial charge in [-0.25, -0.2) is 24.2 Å². The lowest BCUT2D eigenvalue weighted by Crippen LogP contribution is -2.48. The van der Waals surface area contributed by atoms with E-state index in [1.165, 1.54) is 36.0 Å². The van der Waals surface area contributed by atoms with Gasteiger partial charge in [0, 0.05) is 28.6 Å². The predicted octanol–water partition coefficient (Wildman–Crippen LogP) is 8.92. The summed E-state index contributed by atoms with van der Waals surface area (Å²) in [7, 11) is 0. The van der Waals surface area contributed by atoms with Crippen LogP contribution >= 0.6 is 0 Å². The van der Waals surface area contributed by atoms with Crippen LogP contribution in [0.3, 0.4) is 0 Å². The molecule has 2 aliphatic carbocycles. The highest BCUT2D eigenvalue weighted by molar-refractivity contribution is 5.94. The van der Waals surface area contributed by atoms with Gasteiger partial charge in [-0.1, -0.05) is 40.5 Å². The number of cyclic esters (lactones) is 1. The Hall–Kier alpha value is -7.50. The molecule has 0 radical (unpaired) electrons. The van der Waals surface area contributed by atoms with E-state index in [-0.39, 0.29) is 53.7 Å². The largest absolute Gasteiger partial charge is 0.482 e. The van der Waals surface area contributed by atoms with Crippen molar-refractivity contribution in [1.82, 2.24) is 9.55 Å². The van der Waals surface area contributed by atoms with E-state index in [0.29, 0.717) is 51.2 Å². The highest BCUT2D eigenvalue weighted by Gasteiger charge is 2.51. The molecule has 0 saturated heterocycles. The molecular formula is C51H50N4O14. The Bertz CT molecular complexity index is 2990. The summed E-state index contributed by atoms with van der Waals surface area (Å²) in [4.78, 5) is 93.3. The molecule has 3 unspecified atom stereocenters. The van der Waals surface area contributed by atoms with Gasteiger partial charge < -0.3 is 28.3 Å².